The molecular weight excluding hydrogens is 394 g/mol. The van der Waals surface area contributed by atoms with Crippen LogP contribution in [0.4, 0.5) is 26.3 Å². The largest absolute Gasteiger partial charge is 0.444 e. The molecule has 0 N–H and O–H groups in total. The zero-order chi connectivity index (χ0) is 20.1. The molecule has 0 fully saturated rings. The molecule has 0 bridgehead atoms. The van der Waals surface area contributed by atoms with Gasteiger partial charge < -0.3 is 0 Å². The molecule has 0 rings (SSSR count). The van der Waals surface area contributed by atoms with Crippen LogP contribution in [0.5, 0.6) is 0 Å². The summed E-state index contributed by atoms with van der Waals surface area (Å²) in [5.74, 6) is -11.4. The Labute approximate surface area is 140 Å². The van der Waals surface area contributed by atoms with E-state index in [2.05, 4.69) is 38.2 Å². The Hall–Kier alpha value is -1.72. The third kappa shape index (κ3) is 6.54. The molecule has 26 heavy (non-hydrogen) atoms. The molecule has 0 aromatic rings. The third-order valence-electron chi connectivity index (χ3n) is 2.16. The first-order chi connectivity index (χ1) is 12.4. The van der Waals surface area contributed by atoms with Gasteiger partial charge >= 0.3 is 23.9 Å². The quantitative estimate of drug-likeness (QED) is 0.179. The highest BCUT2D eigenvalue weighted by Crippen LogP contribution is 2.22. The van der Waals surface area contributed by atoms with Crippen molar-refractivity contribution >= 4 is 11.9 Å². The molecular formula is C10H12F6O10. The maximum absolute atomic E-state index is 12.3. The van der Waals surface area contributed by atoms with Crippen LogP contribution in [0.1, 0.15) is 0 Å². The van der Waals surface area contributed by atoms with Crippen molar-refractivity contribution in [3.05, 3.63) is 0 Å². The van der Waals surface area contributed by atoms with Gasteiger partial charge in [0.15, 0.2) is 41.2 Å². The minimum Gasteiger partial charge on any atom is -0.286 e. The summed E-state index contributed by atoms with van der Waals surface area (Å²) in [6.07, 6.45) is 0. The lowest BCUT2D eigenvalue weighted by Gasteiger charge is -2.28. The SMILES string of the molecule is O=C(OOC(=O)C(OCF)(OCF)OCF)C(OCF)(OCF)OCF. The fraction of sp³-hybridized carbons (Fsp3) is 0.800. The van der Waals surface area contributed by atoms with Gasteiger partial charge in [-0.3, -0.25) is 28.4 Å². The second-order valence-corrected chi connectivity index (χ2v) is 3.37. The van der Waals surface area contributed by atoms with Gasteiger partial charge in [-0.05, 0) is 0 Å². The molecule has 0 amide bonds. The topological polar surface area (TPSA) is 108 Å². The highest BCUT2D eigenvalue weighted by molar-refractivity contribution is 5.79. The van der Waals surface area contributed by atoms with Gasteiger partial charge in [0.1, 0.15) is 0 Å². The molecule has 0 aliphatic carbocycles. The van der Waals surface area contributed by atoms with Crippen LogP contribution in [-0.4, -0.2) is 65.0 Å². The lowest BCUT2D eigenvalue weighted by molar-refractivity contribution is -0.419. The van der Waals surface area contributed by atoms with Crippen LogP contribution in [0.15, 0.2) is 0 Å². The standard InChI is InChI=1S/C10H12F6O10/c11-1-19-9(20-2-12,21-3-13)7(17)25-26-8(18)10(22-4-14,23-5-15)24-6-16/h1-6H2. The van der Waals surface area contributed by atoms with Crippen molar-refractivity contribution in [2.45, 2.75) is 11.9 Å². The van der Waals surface area contributed by atoms with E-state index in [0.717, 1.165) is 0 Å². The Balaban J connectivity index is 5.23. The molecule has 0 radical (unpaired) electrons. The first-order valence-electron chi connectivity index (χ1n) is 6.04. The predicted octanol–water partition coefficient (Wildman–Crippen LogP) is 0.957. The van der Waals surface area contributed by atoms with Crippen molar-refractivity contribution < 1.29 is 74.1 Å². The average Bonchev–Trinajstić information content (AvgIpc) is 2.60. The van der Waals surface area contributed by atoms with Crippen molar-refractivity contribution in [3.63, 3.8) is 0 Å². The normalized spacial score (nSPS) is 12.1. The molecule has 0 unspecified atom stereocenters. The summed E-state index contributed by atoms with van der Waals surface area (Å²) in [6.45, 7) is -11.4. The van der Waals surface area contributed by atoms with Gasteiger partial charge in [0.05, 0.1) is 0 Å². The minimum atomic E-state index is -3.50. The Kier molecular flexibility index (Phi) is 11.8. The summed E-state index contributed by atoms with van der Waals surface area (Å²) in [6, 6.07) is 0. The monoisotopic (exact) mass is 406 g/mol. The average molecular weight is 406 g/mol. The molecule has 0 heterocycles. The van der Waals surface area contributed by atoms with Crippen molar-refractivity contribution in [2.24, 2.45) is 0 Å². The Morgan fingerprint density at radius 1 is 0.500 bits per heavy atom. The summed E-state index contributed by atoms with van der Waals surface area (Å²) in [7, 11) is 0. The van der Waals surface area contributed by atoms with Gasteiger partial charge in [-0.25, -0.2) is 45.7 Å². The van der Waals surface area contributed by atoms with E-state index in [1.165, 1.54) is 0 Å². The number of ether oxygens (including phenoxy) is 6. The van der Waals surface area contributed by atoms with E-state index in [1.54, 1.807) is 0 Å². The van der Waals surface area contributed by atoms with Gasteiger partial charge in [-0.15, -0.1) is 0 Å². The second-order valence-electron chi connectivity index (χ2n) is 3.37. The van der Waals surface area contributed by atoms with Gasteiger partial charge in [-0.1, -0.05) is 0 Å². The van der Waals surface area contributed by atoms with Crippen molar-refractivity contribution in [1.29, 1.82) is 0 Å². The van der Waals surface area contributed by atoms with E-state index in [9.17, 15) is 35.9 Å². The molecule has 154 valence electrons. The summed E-state index contributed by atoms with van der Waals surface area (Å²) in [5.41, 5.74) is 0. The number of alkyl halides is 6. The van der Waals surface area contributed by atoms with Crippen LogP contribution in [0.25, 0.3) is 0 Å². The van der Waals surface area contributed by atoms with Crippen LogP contribution < -0.4 is 0 Å². The number of carbonyl (C=O) groups is 2. The fourth-order valence-electron chi connectivity index (χ4n) is 1.21. The van der Waals surface area contributed by atoms with Crippen LogP contribution in [0.2, 0.25) is 0 Å². The van der Waals surface area contributed by atoms with Gasteiger partial charge in [0, 0.05) is 0 Å². The minimum absolute atomic E-state index is 1.89. The maximum Gasteiger partial charge on any atom is 0.444 e. The zero-order valence-electron chi connectivity index (χ0n) is 12.6. The van der Waals surface area contributed by atoms with Crippen LogP contribution >= 0.6 is 0 Å². The number of hydrogen-bond acceptors (Lipinski definition) is 10. The second kappa shape index (κ2) is 12.6. The van der Waals surface area contributed by atoms with E-state index >= 15 is 0 Å². The van der Waals surface area contributed by atoms with E-state index in [-0.39, 0.29) is 0 Å². The molecule has 0 aliphatic rings. The van der Waals surface area contributed by atoms with Crippen molar-refractivity contribution in [2.75, 3.05) is 41.2 Å². The molecule has 0 atom stereocenters. The summed E-state index contributed by atoms with van der Waals surface area (Å²) in [5, 5.41) is 0. The van der Waals surface area contributed by atoms with E-state index in [1.807, 2.05) is 0 Å². The summed E-state index contributed by atoms with van der Waals surface area (Å²) < 4.78 is 97.0. The maximum atomic E-state index is 12.3. The van der Waals surface area contributed by atoms with Gasteiger partial charge in [0.2, 0.25) is 0 Å². The first-order valence-corrected chi connectivity index (χ1v) is 6.04. The number of halogens is 6. The van der Waals surface area contributed by atoms with Gasteiger partial charge in [-0.2, -0.15) is 0 Å². The molecule has 0 aromatic heterocycles. The molecule has 10 nitrogen and oxygen atoms in total. The highest BCUT2D eigenvalue weighted by Gasteiger charge is 2.51. The molecule has 0 spiro atoms. The number of carbonyl (C=O) groups excluding carboxylic acids is 2. The Bertz CT molecular complexity index is 355. The van der Waals surface area contributed by atoms with Crippen molar-refractivity contribution in [3.8, 4) is 0 Å². The molecule has 0 aliphatic heterocycles. The van der Waals surface area contributed by atoms with Crippen LogP contribution in [0.3, 0.4) is 0 Å². The molecule has 0 aromatic carbocycles. The van der Waals surface area contributed by atoms with Crippen LogP contribution in [-0.2, 0) is 47.8 Å². The summed E-state index contributed by atoms with van der Waals surface area (Å²) >= 11 is 0. The van der Waals surface area contributed by atoms with Crippen molar-refractivity contribution in [1.82, 2.24) is 0 Å². The lowest BCUT2D eigenvalue weighted by Crippen LogP contribution is -2.51. The lowest BCUT2D eigenvalue weighted by atomic mass is 10.5. The fourth-order valence-corrected chi connectivity index (χ4v) is 1.21. The zero-order valence-corrected chi connectivity index (χ0v) is 12.6. The van der Waals surface area contributed by atoms with E-state index < -0.39 is 65.0 Å². The molecule has 0 saturated heterocycles. The smallest absolute Gasteiger partial charge is 0.286 e. The summed E-state index contributed by atoms with van der Waals surface area (Å²) in [4.78, 5) is 30.6. The molecule has 16 heteroatoms. The first kappa shape index (κ1) is 24.3. The predicted molar refractivity (Wildman–Crippen MR) is 60.0 cm³/mol. The third-order valence-corrected chi connectivity index (χ3v) is 2.16. The molecule has 0 saturated carbocycles. The highest BCUT2D eigenvalue weighted by atomic mass is 19.2. The Morgan fingerprint density at radius 2 is 0.692 bits per heavy atom. The number of rotatable bonds is 14. The number of hydrogen-bond donors (Lipinski definition) is 0. The van der Waals surface area contributed by atoms with Gasteiger partial charge in [0.25, 0.3) is 0 Å². The van der Waals surface area contributed by atoms with Crippen LogP contribution in [0, 0.1) is 0 Å². The van der Waals surface area contributed by atoms with E-state index in [4.69, 9.17) is 0 Å². The van der Waals surface area contributed by atoms with E-state index in [0.29, 0.717) is 0 Å². The Morgan fingerprint density at radius 3 is 0.846 bits per heavy atom.